The number of nitrogens with one attached hydrogen (secondary N) is 1. The number of hydrogen-bond acceptors (Lipinski definition) is 5. The monoisotopic (exact) mass is 287 g/mol. The molecule has 0 radical (unpaired) electrons. The summed E-state index contributed by atoms with van der Waals surface area (Å²) in [6.07, 6.45) is 0. The molecular formula is C14H13N3O4. The van der Waals surface area contributed by atoms with Gasteiger partial charge in [-0.15, -0.1) is 0 Å². The summed E-state index contributed by atoms with van der Waals surface area (Å²) in [5.41, 5.74) is 1.63. The molecule has 0 spiro atoms. The minimum Gasteiger partial charge on any atom is -0.478 e. The number of carboxylic acids is 1. The van der Waals surface area contributed by atoms with Gasteiger partial charge in [-0.25, -0.2) is 9.78 Å². The van der Waals surface area contributed by atoms with Crippen molar-refractivity contribution in [2.45, 2.75) is 13.8 Å². The van der Waals surface area contributed by atoms with Crippen molar-refractivity contribution >= 4 is 23.2 Å². The van der Waals surface area contributed by atoms with E-state index in [1.165, 1.54) is 18.2 Å². The van der Waals surface area contributed by atoms with Crippen LogP contribution in [-0.4, -0.2) is 21.0 Å². The normalized spacial score (nSPS) is 10.2. The molecule has 2 rings (SSSR count). The van der Waals surface area contributed by atoms with Gasteiger partial charge in [0.2, 0.25) is 0 Å². The van der Waals surface area contributed by atoms with Gasteiger partial charge in [-0.2, -0.15) is 0 Å². The van der Waals surface area contributed by atoms with Crippen LogP contribution >= 0.6 is 0 Å². The van der Waals surface area contributed by atoms with E-state index < -0.39 is 10.9 Å². The highest BCUT2D eigenvalue weighted by atomic mass is 16.6. The Morgan fingerprint density at radius 2 is 2.00 bits per heavy atom. The van der Waals surface area contributed by atoms with Gasteiger partial charge in [0.15, 0.2) is 0 Å². The average Bonchev–Trinajstić information content (AvgIpc) is 2.40. The van der Waals surface area contributed by atoms with Crippen LogP contribution < -0.4 is 5.32 Å². The maximum absolute atomic E-state index is 11.1. The third-order valence-corrected chi connectivity index (χ3v) is 3.00. The second kappa shape index (κ2) is 5.58. The molecule has 0 saturated heterocycles. The summed E-state index contributed by atoms with van der Waals surface area (Å²) in [5, 5.41) is 22.7. The molecule has 2 N–H and O–H groups in total. The van der Waals surface area contributed by atoms with Crippen LogP contribution in [0, 0.1) is 24.0 Å². The Morgan fingerprint density at radius 3 is 2.57 bits per heavy atom. The number of hydrogen-bond donors (Lipinski definition) is 2. The zero-order valence-electron chi connectivity index (χ0n) is 11.5. The second-order valence-electron chi connectivity index (χ2n) is 4.52. The Kier molecular flexibility index (Phi) is 3.84. The van der Waals surface area contributed by atoms with Crippen LogP contribution in [-0.2, 0) is 0 Å². The van der Waals surface area contributed by atoms with Crippen LogP contribution in [0.4, 0.5) is 17.2 Å². The number of nitrogens with zero attached hydrogens (tertiary/aromatic N) is 2. The molecule has 2 aromatic rings. The molecule has 0 aliphatic carbocycles. The van der Waals surface area contributed by atoms with Gasteiger partial charge in [-0.3, -0.25) is 10.1 Å². The van der Waals surface area contributed by atoms with Gasteiger partial charge in [-0.05, 0) is 37.6 Å². The van der Waals surface area contributed by atoms with Crippen molar-refractivity contribution in [3.63, 3.8) is 0 Å². The Labute approximate surface area is 120 Å². The van der Waals surface area contributed by atoms with Crippen LogP contribution in [0.15, 0.2) is 30.3 Å². The van der Waals surface area contributed by atoms with Crippen molar-refractivity contribution < 1.29 is 14.8 Å². The molecule has 0 atom stereocenters. The first-order valence-corrected chi connectivity index (χ1v) is 6.11. The molecule has 1 aromatic carbocycles. The lowest BCUT2D eigenvalue weighted by Gasteiger charge is -2.08. The summed E-state index contributed by atoms with van der Waals surface area (Å²) in [6.45, 7) is 3.25. The maximum Gasteiger partial charge on any atom is 0.336 e. The van der Waals surface area contributed by atoms with E-state index in [-0.39, 0.29) is 16.9 Å². The number of aromatic nitrogens is 1. The van der Waals surface area contributed by atoms with Gasteiger partial charge in [0, 0.05) is 11.8 Å². The molecule has 0 unspecified atom stereocenters. The molecule has 1 aromatic heterocycles. The Hall–Kier alpha value is -2.96. The maximum atomic E-state index is 11.1. The van der Waals surface area contributed by atoms with Crippen molar-refractivity contribution in [2.75, 3.05) is 5.32 Å². The summed E-state index contributed by atoms with van der Waals surface area (Å²) in [5.74, 6) is -0.595. The first-order valence-electron chi connectivity index (χ1n) is 6.11. The lowest BCUT2D eigenvalue weighted by atomic mass is 10.1. The third-order valence-electron chi connectivity index (χ3n) is 3.00. The molecular weight excluding hydrogens is 274 g/mol. The summed E-state index contributed by atoms with van der Waals surface area (Å²) in [7, 11) is 0. The van der Waals surface area contributed by atoms with Gasteiger partial charge in [0.25, 0.3) is 5.69 Å². The number of anilines is 2. The number of aryl methyl sites for hydroxylation is 2. The second-order valence-corrected chi connectivity index (χ2v) is 4.52. The van der Waals surface area contributed by atoms with E-state index in [0.29, 0.717) is 17.1 Å². The fraction of sp³-hybridized carbons (Fsp3) is 0.143. The van der Waals surface area contributed by atoms with Gasteiger partial charge in [0.1, 0.15) is 11.5 Å². The van der Waals surface area contributed by atoms with Crippen molar-refractivity contribution in [3.8, 4) is 0 Å². The molecule has 0 bridgehead atoms. The van der Waals surface area contributed by atoms with Crippen LogP contribution in [0.5, 0.6) is 0 Å². The SMILES string of the molecule is Cc1ccc(Nc2ccc([N+](=O)[O-])c(C)n2)cc1C(=O)O. The Bertz CT molecular complexity index is 728. The number of carboxylic acid groups (broad SMARTS) is 1. The standard InChI is InChI=1S/C14H13N3O4/c1-8-3-4-10(7-11(8)14(18)19)16-13-6-5-12(17(20)21)9(2)15-13/h3-7H,1-2H3,(H,15,16)(H,18,19). The smallest absolute Gasteiger partial charge is 0.336 e. The van der Waals surface area contributed by atoms with E-state index in [1.54, 1.807) is 26.0 Å². The highest BCUT2D eigenvalue weighted by molar-refractivity contribution is 5.90. The van der Waals surface area contributed by atoms with Crippen molar-refractivity contribution in [2.24, 2.45) is 0 Å². The average molecular weight is 287 g/mol. The van der Waals surface area contributed by atoms with Gasteiger partial charge in [0.05, 0.1) is 10.5 Å². The topological polar surface area (TPSA) is 105 Å². The van der Waals surface area contributed by atoms with Crippen molar-refractivity contribution in [1.82, 2.24) is 4.98 Å². The zero-order valence-corrected chi connectivity index (χ0v) is 11.5. The molecule has 21 heavy (non-hydrogen) atoms. The zero-order chi connectivity index (χ0) is 15.6. The molecule has 0 amide bonds. The number of benzene rings is 1. The van der Waals surface area contributed by atoms with E-state index in [4.69, 9.17) is 5.11 Å². The summed E-state index contributed by atoms with van der Waals surface area (Å²) < 4.78 is 0. The predicted molar refractivity (Wildman–Crippen MR) is 77.0 cm³/mol. The molecule has 7 nitrogen and oxygen atoms in total. The first kappa shape index (κ1) is 14.4. The minimum absolute atomic E-state index is 0.0596. The first-order chi connectivity index (χ1) is 9.88. The van der Waals surface area contributed by atoms with Gasteiger partial charge >= 0.3 is 5.97 Å². The summed E-state index contributed by atoms with van der Waals surface area (Å²) >= 11 is 0. The minimum atomic E-state index is -1.01. The lowest BCUT2D eigenvalue weighted by Crippen LogP contribution is -2.02. The largest absolute Gasteiger partial charge is 0.478 e. The fourth-order valence-electron chi connectivity index (χ4n) is 1.89. The van der Waals surface area contributed by atoms with E-state index in [2.05, 4.69) is 10.3 Å². The Balaban J connectivity index is 2.30. The fourth-order valence-corrected chi connectivity index (χ4v) is 1.89. The molecule has 0 aliphatic heterocycles. The molecule has 108 valence electrons. The van der Waals surface area contributed by atoms with Crippen LogP contribution in [0.3, 0.4) is 0 Å². The van der Waals surface area contributed by atoms with Gasteiger partial charge < -0.3 is 10.4 Å². The summed E-state index contributed by atoms with van der Waals surface area (Å²) in [6, 6.07) is 7.74. The van der Waals surface area contributed by atoms with Crippen LogP contribution in [0.25, 0.3) is 0 Å². The van der Waals surface area contributed by atoms with Crippen molar-refractivity contribution in [1.29, 1.82) is 0 Å². The predicted octanol–water partition coefficient (Wildman–Crippen LogP) is 3.05. The third kappa shape index (κ3) is 3.14. The molecule has 0 aliphatic rings. The van der Waals surface area contributed by atoms with E-state index in [1.807, 2.05) is 0 Å². The molecule has 0 fully saturated rings. The Morgan fingerprint density at radius 1 is 1.29 bits per heavy atom. The number of rotatable bonds is 4. The van der Waals surface area contributed by atoms with E-state index in [9.17, 15) is 14.9 Å². The molecule has 0 saturated carbocycles. The quantitative estimate of drug-likeness (QED) is 0.661. The van der Waals surface area contributed by atoms with Crippen molar-refractivity contribution in [3.05, 3.63) is 57.3 Å². The number of carbonyl (C=O) groups is 1. The number of pyridine rings is 1. The van der Waals surface area contributed by atoms with E-state index in [0.717, 1.165) is 0 Å². The highest BCUT2D eigenvalue weighted by Crippen LogP contribution is 2.22. The van der Waals surface area contributed by atoms with Gasteiger partial charge in [-0.1, -0.05) is 6.07 Å². The molecule has 1 heterocycles. The van der Waals surface area contributed by atoms with E-state index >= 15 is 0 Å². The number of aromatic carboxylic acids is 1. The van der Waals surface area contributed by atoms with Crippen LogP contribution in [0.2, 0.25) is 0 Å². The summed E-state index contributed by atoms with van der Waals surface area (Å²) in [4.78, 5) is 25.4. The lowest BCUT2D eigenvalue weighted by molar-refractivity contribution is -0.385. The molecule has 7 heteroatoms. The van der Waals surface area contributed by atoms with Crippen LogP contribution in [0.1, 0.15) is 21.6 Å². The number of nitro groups is 1. The highest BCUT2D eigenvalue weighted by Gasteiger charge is 2.12.